The van der Waals surface area contributed by atoms with E-state index in [-0.39, 0.29) is 0 Å². The van der Waals surface area contributed by atoms with Crippen molar-refractivity contribution in [1.82, 2.24) is 0 Å². The molecule has 0 amide bonds. The van der Waals surface area contributed by atoms with Gasteiger partial charge in [0.05, 0.1) is 0 Å². The average Bonchev–Trinajstić information content (AvgIpc) is 2.30. The molecule has 0 fully saturated rings. The van der Waals surface area contributed by atoms with Crippen molar-refractivity contribution in [3.8, 4) is 0 Å². The molecule has 62 valence electrons. The maximum atomic E-state index is 2.41. The van der Waals surface area contributed by atoms with Crippen molar-refractivity contribution in [2.24, 2.45) is 16.7 Å². The van der Waals surface area contributed by atoms with Gasteiger partial charge in [0.1, 0.15) is 0 Å². The average molecular weight is 176 g/mol. The summed E-state index contributed by atoms with van der Waals surface area (Å²) in [7, 11) is 0. The molecule has 0 aromatic rings. The van der Waals surface area contributed by atoms with Crippen LogP contribution in [0.3, 0.4) is 0 Å². The molecule has 1 heterocycles. The third-order valence-electron chi connectivity index (χ3n) is 3.86. The summed E-state index contributed by atoms with van der Waals surface area (Å²) in [6, 6.07) is 0. The zero-order valence-corrected chi connectivity index (χ0v) is 8.19. The van der Waals surface area contributed by atoms with E-state index < -0.39 is 0 Å². The molecular formula is C11H12S. The van der Waals surface area contributed by atoms with Gasteiger partial charge in [-0.15, -0.1) is 11.8 Å². The Bertz CT molecular complexity index is 337. The van der Waals surface area contributed by atoms with Gasteiger partial charge in [-0.1, -0.05) is 38.2 Å². The highest BCUT2D eigenvalue weighted by Gasteiger charge is 2.59. The summed E-state index contributed by atoms with van der Waals surface area (Å²) in [5.74, 6) is 0.656. The van der Waals surface area contributed by atoms with Gasteiger partial charge in [0.2, 0.25) is 0 Å². The number of hydrogen-bond acceptors (Lipinski definition) is 1. The second kappa shape index (κ2) is 1.74. The fourth-order valence-electron chi connectivity index (χ4n) is 2.61. The number of rotatable bonds is 0. The summed E-state index contributed by atoms with van der Waals surface area (Å²) in [5, 5.41) is 2.23. The van der Waals surface area contributed by atoms with Crippen LogP contribution in [0.25, 0.3) is 0 Å². The molecule has 0 nitrogen and oxygen atoms in total. The van der Waals surface area contributed by atoms with Crippen molar-refractivity contribution in [3.05, 3.63) is 34.6 Å². The van der Waals surface area contributed by atoms with Crippen molar-refractivity contribution in [2.45, 2.75) is 13.8 Å². The second-order valence-electron chi connectivity index (χ2n) is 4.32. The van der Waals surface area contributed by atoms with Gasteiger partial charge in [-0.25, -0.2) is 0 Å². The minimum atomic E-state index is 0.352. The second-order valence-corrected chi connectivity index (χ2v) is 5.27. The zero-order valence-electron chi connectivity index (χ0n) is 7.37. The lowest BCUT2D eigenvalue weighted by Gasteiger charge is -2.53. The maximum absolute atomic E-state index is 2.41. The minimum absolute atomic E-state index is 0.352. The van der Waals surface area contributed by atoms with Crippen molar-refractivity contribution in [2.75, 3.05) is 0 Å². The molecule has 0 N–H and O–H groups in total. The van der Waals surface area contributed by atoms with Crippen LogP contribution < -0.4 is 0 Å². The Kier molecular flexibility index (Phi) is 1.02. The van der Waals surface area contributed by atoms with E-state index in [1.807, 2.05) is 11.8 Å². The van der Waals surface area contributed by atoms with Gasteiger partial charge in [0, 0.05) is 16.7 Å². The lowest BCUT2D eigenvalue weighted by Crippen LogP contribution is -2.45. The lowest BCUT2D eigenvalue weighted by molar-refractivity contribution is 0.176. The SMILES string of the molecule is CC12C=CC3C=CSC(=C1)C32C. The maximum Gasteiger partial charge on any atom is 0.0206 e. The third kappa shape index (κ3) is 0.498. The van der Waals surface area contributed by atoms with E-state index in [1.165, 1.54) is 0 Å². The fraction of sp³-hybridized carbons (Fsp3) is 0.455. The van der Waals surface area contributed by atoms with Gasteiger partial charge in [-0.05, 0) is 10.3 Å². The molecule has 0 spiro atoms. The normalized spacial score (nSPS) is 53.2. The first-order valence-corrected chi connectivity index (χ1v) is 5.31. The third-order valence-corrected chi connectivity index (χ3v) is 4.95. The molecule has 1 heteroatoms. The topological polar surface area (TPSA) is 0 Å². The molecule has 3 atom stereocenters. The van der Waals surface area contributed by atoms with Gasteiger partial charge < -0.3 is 0 Å². The molecule has 3 unspecified atom stereocenters. The molecule has 12 heavy (non-hydrogen) atoms. The van der Waals surface area contributed by atoms with Gasteiger partial charge in [-0.2, -0.15) is 0 Å². The first-order valence-electron chi connectivity index (χ1n) is 4.43. The Balaban J connectivity index is 2.23. The molecule has 2 aliphatic carbocycles. The van der Waals surface area contributed by atoms with Crippen molar-refractivity contribution in [3.63, 3.8) is 0 Å². The van der Waals surface area contributed by atoms with E-state index in [0.29, 0.717) is 16.7 Å². The molecule has 3 aliphatic rings. The molecule has 3 rings (SSSR count). The number of hydrogen-bond donors (Lipinski definition) is 0. The highest BCUT2D eigenvalue weighted by atomic mass is 32.2. The van der Waals surface area contributed by atoms with Crippen LogP contribution in [0.2, 0.25) is 0 Å². The Hall–Kier alpha value is -0.430. The standard InChI is InChI=1S/C11H12S/c1-10-5-3-8-4-6-12-9(7-10)11(8,10)2/h3-8H,1-2H3. The Labute approximate surface area is 77.4 Å². The molecule has 1 aliphatic heterocycles. The molecule has 0 bridgehead atoms. The first-order chi connectivity index (χ1) is 5.67. The van der Waals surface area contributed by atoms with Crippen molar-refractivity contribution in [1.29, 1.82) is 0 Å². The summed E-state index contributed by atoms with van der Waals surface area (Å²) < 4.78 is 0. The molecule has 0 saturated carbocycles. The molecule has 0 radical (unpaired) electrons. The summed E-state index contributed by atoms with van der Waals surface area (Å²) in [6.45, 7) is 4.73. The van der Waals surface area contributed by atoms with Gasteiger partial charge >= 0.3 is 0 Å². The summed E-state index contributed by atoms with van der Waals surface area (Å²) in [5.41, 5.74) is 0.761. The molecule has 0 saturated heterocycles. The Morgan fingerprint density at radius 3 is 2.92 bits per heavy atom. The zero-order chi connectivity index (χ0) is 8.40. The number of thioether (sulfide) groups is 1. The van der Waals surface area contributed by atoms with Crippen molar-refractivity contribution >= 4 is 11.8 Å². The van der Waals surface area contributed by atoms with Crippen LogP contribution in [-0.2, 0) is 0 Å². The largest absolute Gasteiger partial charge is 0.102 e. The smallest absolute Gasteiger partial charge is 0.0206 e. The quantitative estimate of drug-likeness (QED) is 0.510. The van der Waals surface area contributed by atoms with E-state index in [2.05, 4.69) is 43.6 Å². The van der Waals surface area contributed by atoms with E-state index in [9.17, 15) is 0 Å². The summed E-state index contributed by atoms with van der Waals surface area (Å²) in [4.78, 5) is 1.57. The van der Waals surface area contributed by atoms with E-state index in [4.69, 9.17) is 0 Å². The van der Waals surface area contributed by atoms with E-state index in [0.717, 1.165) is 0 Å². The Morgan fingerprint density at radius 1 is 1.33 bits per heavy atom. The van der Waals surface area contributed by atoms with Gasteiger partial charge in [0.25, 0.3) is 0 Å². The van der Waals surface area contributed by atoms with Crippen LogP contribution in [0, 0.1) is 16.7 Å². The Morgan fingerprint density at radius 2 is 2.17 bits per heavy atom. The van der Waals surface area contributed by atoms with E-state index >= 15 is 0 Å². The van der Waals surface area contributed by atoms with Crippen LogP contribution in [0.1, 0.15) is 13.8 Å². The summed E-state index contributed by atoms with van der Waals surface area (Å²) in [6.07, 6.45) is 9.48. The lowest BCUT2D eigenvalue weighted by atomic mass is 9.56. The first kappa shape index (κ1) is 7.02. The predicted octanol–water partition coefficient (Wildman–Crippen LogP) is 3.34. The summed E-state index contributed by atoms with van der Waals surface area (Å²) >= 11 is 1.90. The van der Waals surface area contributed by atoms with Gasteiger partial charge in [0.15, 0.2) is 0 Å². The molecular weight excluding hydrogens is 164 g/mol. The number of allylic oxidation sites excluding steroid dienone is 5. The van der Waals surface area contributed by atoms with Crippen LogP contribution in [-0.4, -0.2) is 0 Å². The van der Waals surface area contributed by atoms with E-state index in [1.54, 1.807) is 4.91 Å². The van der Waals surface area contributed by atoms with Gasteiger partial charge in [-0.3, -0.25) is 0 Å². The predicted molar refractivity (Wildman–Crippen MR) is 53.7 cm³/mol. The van der Waals surface area contributed by atoms with Crippen LogP contribution in [0.5, 0.6) is 0 Å². The monoisotopic (exact) mass is 176 g/mol. The van der Waals surface area contributed by atoms with Crippen LogP contribution in [0.4, 0.5) is 0 Å². The van der Waals surface area contributed by atoms with Crippen molar-refractivity contribution < 1.29 is 0 Å². The van der Waals surface area contributed by atoms with Crippen LogP contribution >= 0.6 is 11.8 Å². The fourth-order valence-corrected chi connectivity index (χ4v) is 3.92. The molecule has 0 aromatic heterocycles. The highest BCUT2D eigenvalue weighted by Crippen LogP contribution is 2.69. The van der Waals surface area contributed by atoms with Crippen LogP contribution in [0.15, 0.2) is 34.6 Å². The highest BCUT2D eigenvalue weighted by molar-refractivity contribution is 8.06. The molecule has 0 aromatic carbocycles. The minimum Gasteiger partial charge on any atom is -0.102 e.